The van der Waals surface area contributed by atoms with Crippen molar-refractivity contribution in [2.75, 3.05) is 0 Å². The van der Waals surface area contributed by atoms with Gasteiger partial charge in [0.2, 0.25) is 0 Å². The van der Waals surface area contributed by atoms with Crippen LogP contribution in [0.15, 0.2) is 30.5 Å². The molecule has 0 aliphatic heterocycles. The Morgan fingerprint density at radius 2 is 1.93 bits per heavy atom. The summed E-state index contributed by atoms with van der Waals surface area (Å²) in [6.45, 7) is 2.04. The molecular weight excluding hydrogens is 186 g/mol. The van der Waals surface area contributed by atoms with Gasteiger partial charge in [0.15, 0.2) is 0 Å². The van der Waals surface area contributed by atoms with E-state index in [1.54, 1.807) is 10.9 Å². The fraction of sp³-hybridized carbons (Fsp3) is 0.167. The zero-order valence-electron chi connectivity index (χ0n) is 8.73. The van der Waals surface area contributed by atoms with Gasteiger partial charge >= 0.3 is 0 Å². The van der Waals surface area contributed by atoms with E-state index in [1.807, 2.05) is 38.2 Å². The Labute approximate surface area is 88.6 Å². The summed E-state index contributed by atoms with van der Waals surface area (Å²) < 4.78 is 1.73. The molecule has 0 atom stereocenters. The maximum absolute atomic E-state index is 8.94. The molecule has 1 heterocycles. The van der Waals surface area contributed by atoms with Crippen molar-refractivity contribution < 1.29 is 0 Å². The number of nitrogens with zero attached hydrogens (tertiary/aromatic N) is 3. The summed E-state index contributed by atoms with van der Waals surface area (Å²) in [6, 6.07) is 10.2. The third-order valence-electron chi connectivity index (χ3n) is 2.38. The molecule has 0 aliphatic rings. The van der Waals surface area contributed by atoms with Crippen molar-refractivity contribution in [3.05, 3.63) is 41.6 Å². The van der Waals surface area contributed by atoms with Crippen molar-refractivity contribution in [1.29, 1.82) is 5.26 Å². The number of hydrogen-bond acceptors (Lipinski definition) is 2. The summed E-state index contributed by atoms with van der Waals surface area (Å²) in [7, 11) is 1.84. The Kier molecular flexibility index (Phi) is 2.26. The van der Waals surface area contributed by atoms with E-state index in [0.29, 0.717) is 5.56 Å². The molecule has 0 saturated heterocycles. The molecule has 0 spiro atoms. The number of aryl methyl sites for hydroxylation is 2. The fourth-order valence-corrected chi connectivity index (χ4v) is 1.57. The molecule has 74 valence electrons. The molecule has 0 unspecified atom stereocenters. The average Bonchev–Trinajstić information content (AvgIpc) is 2.61. The summed E-state index contributed by atoms with van der Waals surface area (Å²) in [5, 5.41) is 13.0. The monoisotopic (exact) mass is 197 g/mol. The molecule has 0 aliphatic carbocycles. The predicted molar refractivity (Wildman–Crippen MR) is 58.1 cm³/mol. The third-order valence-corrected chi connectivity index (χ3v) is 2.38. The average molecular weight is 197 g/mol. The Balaban J connectivity index is 2.59. The van der Waals surface area contributed by atoms with Gasteiger partial charge in [0.25, 0.3) is 0 Å². The van der Waals surface area contributed by atoms with Gasteiger partial charge in [-0.1, -0.05) is 29.8 Å². The number of nitriles is 1. The maximum atomic E-state index is 8.94. The molecular formula is C12H11N3. The van der Waals surface area contributed by atoms with Crippen LogP contribution in [0.2, 0.25) is 0 Å². The highest BCUT2D eigenvalue weighted by Gasteiger charge is 2.09. The van der Waals surface area contributed by atoms with Crippen molar-refractivity contribution in [3.63, 3.8) is 0 Å². The first-order valence-corrected chi connectivity index (χ1v) is 4.71. The van der Waals surface area contributed by atoms with Crippen molar-refractivity contribution in [2.45, 2.75) is 6.92 Å². The van der Waals surface area contributed by atoms with Crippen LogP contribution in [-0.4, -0.2) is 9.78 Å². The first-order chi connectivity index (χ1) is 7.22. The Bertz CT molecular complexity index is 515. The third kappa shape index (κ3) is 1.62. The standard InChI is InChI=1S/C12H11N3/c1-9-3-5-10(6-4-9)12-11(7-13)8-14-15(12)2/h3-6,8H,1-2H3. The van der Waals surface area contributed by atoms with E-state index >= 15 is 0 Å². The van der Waals surface area contributed by atoms with Crippen molar-refractivity contribution in [2.24, 2.45) is 7.05 Å². The molecule has 3 nitrogen and oxygen atoms in total. The first-order valence-electron chi connectivity index (χ1n) is 4.71. The summed E-state index contributed by atoms with van der Waals surface area (Å²) >= 11 is 0. The smallest absolute Gasteiger partial charge is 0.103 e. The van der Waals surface area contributed by atoms with Crippen LogP contribution in [0.3, 0.4) is 0 Å². The van der Waals surface area contributed by atoms with E-state index in [-0.39, 0.29) is 0 Å². The highest BCUT2D eigenvalue weighted by Crippen LogP contribution is 2.22. The Hall–Kier alpha value is -2.08. The number of rotatable bonds is 1. The van der Waals surface area contributed by atoms with Crippen LogP contribution in [0.1, 0.15) is 11.1 Å². The zero-order valence-corrected chi connectivity index (χ0v) is 8.73. The maximum Gasteiger partial charge on any atom is 0.103 e. The Morgan fingerprint density at radius 3 is 2.53 bits per heavy atom. The molecule has 3 heteroatoms. The van der Waals surface area contributed by atoms with Gasteiger partial charge in [-0.3, -0.25) is 4.68 Å². The molecule has 0 amide bonds. The summed E-state index contributed by atoms with van der Waals surface area (Å²) in [5.41, 5.74) is 3.72. The second-order valence-electron chi connectivity index (χ2n) is 3.51. The van der Waals surface area contributed by atoms with Gasteiger partial charge in [-0.25, -0.2) is 0 Å². The number of benzene rings is 1. The quantitative estimate of drug-likeness (QED) is 0.703. The van der Waals surface area contributed by atoms with Crippen molar-refractivity contribution in [1.82, 2.24) is 9.78 Å². The van der Waals surface area contributed by atoms with Crippen LogP contribution >= 0.6 is 0 Å². The molecule has 2 rings (SSSR count). The lowest BCUT2D eigenvalue weighted by Gasteiger charge is -2.03. The van der Waals surface area contributed by atoms with Gasteiger partial charge < -0.3 is 0 Å². The lowest BCUT2D eigenvalue weighted by molar-refractivity contribution is 0.776. The van der Waals surface area contributed by atoms with E-state index in [1.165, 1.54) is 5.56 Å². The van der Waals surface area contributed by atoms with Crippen LogP contribution in [0, 0.1) is 18.3 Å². The van der Waals surface area contributed by atoms with Crippen LogP contribution < -0.4 is 0 Å². The zero-order chi connectivity index (χ0) is 10.8. The lowest BCUT2D eigenvalue weighted by atomic mass is 10.1. The molecule has 15 heavy (non-hydrogen) atoms. The van der Waals surface area contributed by atoms with Crippen molar-refractivity contribution >= 4 is 0 Å². The highest BCUT2D eigenvalue weighted by molar-refractivity contribution is 5.66. The molecule has 0 saturated carbocycles. The SMILES string of the molecule is Cc1ccc(-c2c(C#N)cnn2C)cc1. The summed E-state index contributed by atoms with van der Waals surface area (Å²) in [5.74, 6) is 0. The van der Waals surface area contributed by atoms with E-state index in [9.17, 15) is 0 Å². The largest absolute Gasteiger partial charge is 0.267 e. The van der Waals surface area contributed by atoms with Gasteiger partial charge in [0.05, 0.1) is 17.5 Å². The van der Waals surface area contributed by atoms with Gasteiger partial charge in [0, 0.05) is 12.6 Å². The molecule has 0 bridgehead atoms. The summed E-state index contributed by atoms with van der Waals surface area (Å²) in [4.78, 5) is 0. The van der Waals surface area contributed by atoms with Crippen LogP contribution in [0.4, 0.5) is 0 Å². The van der Waals surface area contributed by atoms with E-state index in [4.69, 9.17) is 5.26 Å². The molecule has 1 aromatic heterocycles. The van der Waals surface area contributed by atoms with Crippen molar-refractivity contribution in [3.8, 4) is 17.3 Å². The predicted octanol–water partition coefficient (Wildman–Crippen LogP) is 2.27. The molecule has 1 aromatic carbocycles. The number of hydrogen-bond donors (Lipinski definition) is 0. The minimum absolute atomic E-state index is 0.612. The van der Waals surface area contributed by atoms with Gasteiger partial charge in [-0.2, -0.15) is 10.4 Å². The molecule has 2 aromatic rings. The van der Waals surface area contributed by atoms with Crippen LogP contribution in [0.5, 0.6) is 0 Å². The lowest BCUT2D eigenvalue weighted by Crippen LogP contribution is -1.94. The molecule has 0 N–H and O–H groups in total. The van der Waals surface area contributed by atoms with Crippen LogP contribution in [0.25, 0.3) is 11.3 Å². The minimum atomic E-state index is 0.612. The topological polar surface area (TPSA) is 41.6 Å². The van der Waals surface area contributed by atoms with Gasteiger partial charge in [-0.15, -0.1) is 0 Å². The Morgan fingerprint density at radius 1 is 1.27 bits per heavy atom. The van der Waals surface area contributed by atoms with E-state index < -0.39 is 0 Å². The first kappa shape index (κ1) is 9.47. The number of aromatic nitrogens is 2. The van der Waals surface area contributed by atoms with Gasteiger partial charge in [0.1, 0.15) is 6.07 Å². The highest BCUT2D eigenvalue weighted by atomic mass is 15.3. The van der Waals surface area contributed by atoms with Crippen LogP contribution in [-0.2, 0) is 7.05 Å². The second-order valence-corrected chi connectivity index (χ2v) is 3.51. The fourth-order valence-electron chi connectivity index (χ4n) is 1.57. The normalized spacial score (nSPS) is 9.93. The minimum Gasteiger partial charge on any atom is -0.267 e. The summed E-state index contributed by atoms with van der Waals surface area (Å²) in [6.07, 6.45) is 1.59. The van der Waals surface area contributed by atoms with E-state index in [2.05, 4.69) is 11.2 Å². The van der Waals surface area contributed by atoms with E-state index in [0.717, 1.165) is 11.3 Å². The molecule has 0 fully saturated rings. The second kappa shape index (κ2) is 3.58. The van der Waals surface area contributed by atoms with Gasteiger partial charge in [-0.05, 0) is 6.92 Å². The molecule has 0 radical (unpaired) electrons.